The number of anilines is 2. The molecular formula is C16H13N5O2S. The average Bonchev–Trinajstić information content (AvgIpc) is 2.93. The van der Waals surface area contributed by atoms with Crippen LogP contribution < -0.4 is 5.32 Å². The van der Waals surface area contributed by atoms with E-state index in [2.05, 4.69) is 20.3 Å². The van der Waals surface area contributed by atoms with E-state index in [1.165, 1.54) is 0 Å². The van der Waals surface area contributed by atoms with Crippen LogP contribution in [0.4, 0.5) is 11.5 Å². The Bertz CT molecular complexity index is 953. The van der Waals surface area contributed by atoms with Gasteiger partial charge in [0.2, 0.25) is 0 Å². The highest BCUT2D eigenvalue weighted by Crippen LogP contribution is 2.42. The van der Waals surface area contributed by atoms with Crippen LogP contribution in [0.25, 0.3) is 0 Å². The molecule has 0 amide bonds. The van der Waals surface area contributed by atoms with E-state index in [-0.39, 0.29) is 5.69 Å². The van der Waals surface area contributed by atoms with Crippen LogP contribution in [0, 0.1) is 6.92 Å². The lowest BCUT2D eigenvalue weighted by molar-refractivity contribution is 0.0685. The van der Waals surface area contributed by atoms with Crippen LogP contribution in [0.2, 0.25) is 0 Å². The minimum Gasteiger partial charge on any atom is -0.477 e. The number of carboxylic acid groups (broad SMARTS) is 1. The van der Waals surface area contributed by atoms with Crippen molar-refractivity contribution in [1.29, 1.82) is 0 Å². The standard InChI is InChI=1S/C16H13N5O2S/c1-9-13(16(22)23)21(8-19-9)7-10-2-3-12-11(6-10)20-14-15(24-12)18-5-4-17-14/h2-6,8H,7H2,1H3,(H,17,20)(H,22,23). The third kappa shape index (κ3) is 2.50. The first kappa shape index (κ1) is 14.7. The molecule has 8 heteroatoms. The fourth-order valence-electron chi connectivity index (χ4n) is 2.66. The number of fused-ring (bicyclic) bond motifs is 2. The molecule has 24 heavy (non-hydrogen) atoms. The van der Waals surface area contributed by atoms with Crippen molar-refractivity contribution >= 4 is 29.2 Å². The Balaban J connectivity index is 1.65. The van der Waals surface area contributed by atoms with Gasteiger partial charge >= 0.3 is 5.97 Å². The van der Waals surface area contributed by atoms with Crippen molar-refractivity contribution in [2.24, 2.45) is 0 Å². The highest BCUT2D eigenvalue weighted by molar-refractivity contribution is 7.99. The summed E-state index contributed by atoms with van der Waals surface area (Å²) >= 11 is 1.56. The minimum absolute atomic E-state index is 0.214. The van der Waals surface area contributed by atoms with Crippen molar-refractivity contribution in [2.75, 3.05) is 5.32 Å². The number of aryl methyl sites for hydroxylation is 1. The van der Waals surface area contributed by atoms with Gasteiger partial charge in [-0.3, -0.25) is 0 Å². The molecule has 2 N–H and O–H groups in total. The molecule has 1 aliphatic rings. The molecule has 1 aliphatic heterocycles. The number of imidazole rings is 1. The van der Waals surface area contributed by atoms with Gasteiger partial charge in [0.25, 0.3) is 0 Å². The number of nitrogens with one attached hydrogen (secondary N) is 1. The number of nitrogens with zero attached hydrogens (tertiary/aromatic N) is 4. The van der Waals surface area contributed by atoms with E-state index in [0.717, 1.165) is 27.0 Å². The van der Waals surface area contributed by atoms with E-state index in [1.54, 1.807) is 42.0 Å². The third-order valence-electron chi connectivity index (χ3n) is 3.74. The summed E-state index contributed by atoms with van der Waals surface area (Å²) in [4.78, 5) is 25.1. The van der Waals surface area contributed by atoms with Gasteiger partial charge in [-0.25, -0.2) is 19.7 Å². The maximum atomic E-state index is 11.4. The molecule has 0 saturated carbocycles. The lowest BCUT2D eigenvalue weighted by Gasteiger charge is -2.19. The normalized spacial score (nSPS) is 12.2. The Hall–Kier alpha value is -2.87. The number of aromatic carboxylic acids is 1. The molecule has 7 nitrogen and oxygen atoms in total. The zero-order valence-electron chi connectivity index (χ0n) is 12.7. The fraction of sp³-hybridized carbons (Fsp3) is 0.125. The SMILES string of the molecule is Cc1ncn(Cc2ccc3c(c2)Nc2nccnc2S3)c1C(=O)O. The molecule has 3 heterocycles. The van der Waals surface area contributed by atoms with Gasteiger partial charge in [0.1, 0.15) is 10.7 Å². The zero-order chi connectivity index (χ0) is 16.7. The van der Waals surface area contributed by atoms with Gasteiger partial charge in [0, 0.05) is 23.8 Å². The summed E-state index contributed by atoms with van der Waals surface area (Å²) in [6.07, 6.45) is 4.87. The Morgan fingerprint density at radius 3 is 2.96 bits per heavy atom. The second-order valence-corrected chi connectivity index (χ2v) is 6.41. The molecule has 4 rings (SSSR count). The number of aromatic nitrogens is 4. The Labute approximate surface area is 141 Å². The van der Waals surface area contributed by atoms with Crippen molar-refractivity contribution in [3.8, 4) is 0 Å². The van der Waals surface area contributed by atoms with Gasteiger partial charge in [-0.2, -0.15) is 0 Å². The summed E-state index contributed by atoms with van der Waals surface area (Å²) in [6, 6.07) is 5.99. The fourth-order valence-corrected chi connectivity index (χ4v) is 3.54. The Morgan fingerprint density at radius 1 is 1.29 bits per heavy atom. The topological polar surface area (TPSA) is 92.9 Å². The van der Waals surface area contributed by atoms with Gasteiger partial charge in [-0.1, -0.05) is 17.8 Å². The van der Waals surface area contributed by atoms with Crippen LogP contribution in [-0.2, 0) is 6.54 Å². The number of hydrogen-bond acceptors (Lipinski definition) is 6. The molecule has 2 aromatic heterocycles. The van der Waals surface area contributed by atoms with E-state index in [4.69, 9.17) is 0 Å². The summed E-state index contributed by atoms with van der Waals surface area (Å²) < 4.78 is 1.64. The van der Waals surface area contributed by atoms with Crippen LogP contribution in [0.15, 0.2) is 46.8 Å². The molecule has 0 saturated heterocycles. The van der Waals surface area contributed by atoms with E-state index in [0.29, 0.717) is 12.2 Å². The number of carboxylic acids is 1. The molecule has 0 bridgehead atoms. The number of benzene rings is 1. The first-order chi connectivity index (χ1) is 11.6. The second-order valence-electron chi connectivity index (χ2n) is 5.38. The van der Waals surface area contributed by atoms with Gasteiger partial charge in [-0.05, 0) is 24.6 Å². The monoisotopic (exact) mass is 339 g/mol. The quantitative estimate of drug-likeness (QED) is 0.593. The Morgan fingerprint density at radius 2 is 2.12 bits per heavy atom. The number of hydrogen-bond donors (Lipinski definition) is 2. The van der Waals surface area contributed by atoms with Crippen molar-refractivity contribution < 1.29 is 9.90 Å². The molecule has 120 valence electrons. The van der Waals surface area contributed by atoms with Gasteiger partial charge in [0.15, 0.2) is 5.82 Å². The van der Waals surface area contributed by atoms with Crippen LogP contribution in [0.3, 0.4) is 0 Å². The maximum absolute atomic E-state index is 11.4. The average molecular weight is 339 g/mol. The molecule has 0 unspecified atom stereocenters. The highest BCUT2D eigenvalue weighted by atomic mass is 32.2. The van der Waals surface area contributed by atoms with Gasteiger partial charge < -0.3 is 15.0 Å². The predicted molar refractivity (Wildman–Crippen MR) is 88.9 cm³/mol. The van der Waals surface area contributed by atoms with Gasteiger partial charge in [-0.15, -0.1) is 0 Å². The van der Waals surface area contributed by atoms with Crippen LogP contribution in [0.5, 0.6) is 0 Å². The van der Waals surface area contributed by atoms with Crippen molar-refractivity contribution in [2.45, 2.75) is 23.4 Å². The molecule has 0 radical (unpaired) electrons. The molecule has 0 spiro atoms. The van der Waals surface area contributed by atoms with E-state index >= 15 is 0 Å². The Kier molecular flexibility index (Phi) is 3.46. The second kappa shape index (κ2) is 5.64. The summed E-state index contributed by atoms with van der Waals surface area (Å²) in [5.74, 6) is -0.238. The highest BCUT2D eigenvalue weighted by Gasteiger charge is 2.19. The minimum atomic E-state index is -0.971. The van der Waals surface area contributed by atoms with Gasteiger partial charge in [0.05, 0.1) is 17.7 Å². The molecule has 1 aromatic carbocycles. The maximum Gasteiger partial charge on any atom is 0.354 e. The van der Waals surface area contributed by atoms with Crippen LogP contribution in [0.1, 0.15) is 21.7 Å². The van der Waals surface area contributed by atoms with E-state index in [9.17, 15) is 9.90 Å². The van der Waals surface area contributed by atoms with E-state index < -0.39 is 5.97 Å². The summed E-state index contributed by atoms with van der Waals surface area (Å²) in [7, 11) is 0. The van der Waals surface area contributed by atoms with E-state index in [1.807, 2.05) is 18.2 Å². The molecule has 3 aromatic rings. The lowest BCUT2D eigenvalue weighted by atomic mass is 10.2. The first-order valence-corrected chi connectivity index (χ1v) is 8.07. The predicted octanol–water partition coefficient (Wildman–Crippen LogP) is 2.94. The third-order valence-corrected chi connectivity index (χ3v) is 4.81. The van der Waals surface area contributed by atoms with Crippen LogP contribution >= 0.6 is 11.8 Å². The lowest BCUT2D eigenvalue weighted by Crippen LogP contribution is -2.10. The number of rotatable bonds is 3. The summed E-state index contributed by atoms with van der Waals surface area (Å²) in [6.45, 7) is 2.13. The van der Waals surface area contributed by atoms with Crippen LogP contribution in [-0.4, -0.2) is 30.6 Å². The van der Waals surface area contributed by atoms with Crippen molar-refractivity contribution in [1.82, 2.24) is 19.5 Å². The number of carbonyl (C=O) groups is 1. The molecular weight excluding hydrogens is 326 g/mol. The van der Waals surface area contributed by atoms with Crippen molar-refractivity contribution in [3.63, 3.8) is 0 Å². The molecule has 0 aliphatic carbocycles. The summed E-state index contributed by atoms with van der Waals surface area (Å²) in [5, 5.41) is 13.4. The van der Waals surface area contributed by atoms with Crippen molar-refractivity contribution in [3.05, 3.63) is 53.9 Å². The first-order valence-electron chi connectivity index (χ1n) is 7.25. The zero-order valence-corrected chi connectivity index (χ0v) is 13.5. The molecule has 0 fully saturated rings. The smallest absolute Gasteiger partial charge is 0.354 e. The summed E-state index contributed by atoms with van der Waals surface area (Å²) in [5.41, 5.74) is 2.65. The largest absolute Gasteiger partial charge is 0.477 e. The molecule has 0 atom stereocenters.